The van der Waals surface area contributed by atoms with Gasteiger partial charge in [0.05, 0.1) is 5.52 Å². The minimum absolute atomic E-state index is 0.163. The number of carbonyl (C=O) groups excluding carboxylic acids is 3. The number of anilines is 2. The maximum atomic E-state index is 13.2. The molecule has 35 heavy (non-hydrogen) atoms. The molecule has 0 radical (unpaired) electrons. The first-order chi connectivity index (χ1) is 16.6. The third kappa shape index (κ3) is 5.39. The van der Waals surface area contributed by atoms with Crippen LogP contribution in [-0.2, 0) is 9.59 Å². The van der Waals surface area contributed by atoms with Gasteiger partial charge in [-0.05, 0) is 86.0 Å². The number of aryl methyl sites for hydroxylation is 3. The van der Waals surface area contributed by atoms with Crippen molar-refractivity contribution in [1.29, 1.82) is 0 Å². The predicted molar refractivity (Wildman–Crippen MR) is 143 cm³/mol. The zero-order chi connectivity index (χ0) is 25.3. The molecule has 3 N–H and O–H groups in total. The Morgan fingerprint density at radius 2 is 1.46 bits per heavy atom. The van der Waals surface area contributed by atoms with Crippen LogP contribution in [0, 0.1) is 20.8 Å². The number of amides is 3. The lowest BCUT2D eigenvalue weighted by atomic mass is 10.1. The lowest BCUT2D eigenvalue weighted by Crippen LogP contribution is -2.36. The van der Waals surface area contributed by atoms with Crippen molar-refractivity contribution in [3.05, 3.63) is 92.5 Å². The van der Waals surface area contributed by atoms with Crippen LogP contribution in [-0.4, -0.2) is 22.4 Å². The second-order valence-electron chi connectivity index (χ2n) is 8.18. The van der Waals surface area contributed by atoms with E-state index in [1.807, 2.05) is 45.0 Å². The number of carbonyl (C=O) groups is 3. The van der Waals surface area contributed by atoms with E-state index < -0.39 is 17.7 Å². The highest BCUT2D eigenvalue weighted by molar-refractivity contribution is 9.10. The van der Waals surface area contributed by atoms with E-state index >= 15 is 0 Å². The summed E-state index contributed by atoms with van der Waals surface area (Å²) in [6.45, 7) is 5.78. The summed E-state index contributed by atoms with van der Waals surface area (Å²) in [6, 6.07) is 17.5. The molecule has 4 aromatic rings. The molecule has 0 aliphatic carbocycles. The number of nitrogens with one attached hydrogen (secondary N) is 3. The molecule has 0 saturated heterocycles. The van der Waals surface area contributed by atoms with Gasteiger partial charge in [0.1, 0.15) is 5.69 Å². The summed E-state index contributed by atoms with van der Waals surface area (Å²) in [5.41, 5.74) is 7.25. The lowest BCUT2D eigenvalue weighted by Gasteiger charge is -2.13. The van der Waals surface area contributed by atoms with E-state index in [1.54, 1.807) is 36.4 Å². The zero-order valence-corrected chi connectivity index (χ0v) is 21.5. The Labute approximate surface area is 215 Å². The van der Waals surface area contributed by atoms with E-state index in [1.165, 1.54) is 4.68 Å². The lowest BCUT2D eigenvalue weighted by molar-refractivity contribution is -0.133. The number of nitrogens with zero attached hydrogens (tertiary/aromatic N) is 1. The Kier molecular flexibility index (Phi) is 6.95. The van der Waals surface area contributed by atoms with E-state index in [0.29, 0.717) is 27.3 Å². The van der Waals surface area contributed by atoms with Crippen LogP contribution in [0.4, 0.5) is 11.4 Å². The molecule has 0 aliphatic heterocycles. The standard InChI is InChI=1S/C26H22BrClN4O3/c1-14-4-7-19(10-16(14)3)29-24(33)23-12-17-11-18(27)6-9-22(17)32(23)31-26(35)25(34)30-20-8-5-15(2)21(28)13-20/h4-13H,1-3H3,(H,29,33)(H,30,34)(H,31,35). The Morgan fingerprint density at radius 3 is 2.14 bits per heavy atom. The molecule has 0 aliphatic rings. The number of hydrogen-bond acceptors (Lipinski definition) is 3. The molecular weight excluding hydrogens is 532 g/mol. The molecule has 9 heteroatoms. The van der Waals surface area contributed by atoms with Crippen LogP contribution in [0.2, 0.25) is 5.02 Å². The normalized spacial score (nSPS) is 10.8. The van der Waals surface area contributed by atoms with Gasteiger partial charge in [0.25, 0.3) is 5.91 Å². The first-order valence-corrected chi connectivity index (χ1v) is 11.9. The SMILES string of the molecule is Cc1ccc(NC(=O)c2cc3cc(Br)ccc3n2NC(=O)C(=O)Nc2ccc(C)c(Cl)c2)cc1C. The van der Waals surface area contributed by atoms with Crippen molar-refractivity contribution >= 4 is 67.5 Å². The zero-order valence-electron chi connectivity index (χ0n) is 19.2. The molecule has 1 heterocycles. The van der Waals surface area contributed by atoms with Crippen LogP contribution in [0.5, 0.6) is 0 Å². The summed E-state index contributed by atoms with van der Waals surface area (Å²) < 4.78 is 2.12. The highest BCUT2D eigenvalue weighted by Crippen LogP contribution is 2.25. The Bertz CT molecular complexity index is 1500. The minimum Gasteiger partial charge on any atom is -0.321 e. The molecule has 3 aromatic carbocycles. The largest absolute Gasteiger partial charge is 0.328 e. The van der Waals surface area contributed by atoms with E-state index in [4.69, 9.17) is 11.6 Å². The fourth-order valence-electron chi connectivity index (χ4n) is 3.50. The number of aromatic nitrogens is 1. The number of halogens is 2. The van der Waals surface area contributed by atoms with Gasteiger partial charge in [-0.2, -0.15) is 0 Å². The molecular formula is C26H22BrClN4O3. The van der Waals surface area contributed by atoms with Crippen LogP contribution in [0.3, 0.4) is 0 Å². The summed E-state index contributed by atoms with van der Waals surface area (Å²) in [6.07, 6.45) is 0. The van der Waals surface area contributed by atoms with Crippen LogP contribution < -0.4 is 16.1 Å². The molecule has 0 unspecified atom stereocenters. The van der Waals surface area contributed by atoms with E-state index in [0.717, 1.165) is 21.2 Å². The summed E-state index contributed by atoms with van der Waals surface area (Å²) in [5.74, 6) is -2.28. The first kappa shape index (κ1) is 24.5. The van der Waals surface area contributed by atoms with Gasteiger partial charge >= 0.3 is 11.8 Å². The van der Waals surface area contributed by atoms with Crippen molar-refractivity contribution in [2.24, 2.45) is 0 Å². The molecule has 4 rings (SSSR count). The summed E-state index contributed by atoms with van der Waals surface area (Å²) in [4.78, 5) is 38.5. The molecule has 0 saturated carbocycles. The monoisotopic (exact) mass is 552 g/mol. The molecule has 1 aromatic heterocycles. The van der Waals surface area contributed by atoms with Gasteiger partial charge in [0.2, 0.25) is 0 Å². The summed E-state index contributed by atoms with van der Waals surface area (Å²) in [7, 11) is 0. The van der Waals surface area contributed by atoms with Gasteiger partial charge in [0.15, 0.2) is 0 Å². The van der Waals surface area contributed by atoms with Crippen molar-refractivity contribution < 1.29 is 14.4 Å². The minimum atomic E-state index is -0.942. The highest BCUT2D eigenvalue weighted by atomic mass is 79.9. The number of benzene rings is 3. The van der Waals surface area contributed by atoms with Crippen molar-refractivity contribution in [2.75, 3.05) is 16.1 Å². The number of hydrogen-bond donors (Lipinski definition) is 3. The molecule has 0 spiro atoms. The third-order valence-electron chi connectivity index (χ3n) is 5.61. The number of rotatable bonds is 4. The average molecular weight is 554 g/mol. The molecule has 7 nitrogen and oxygen atoms in total. The van der Waals surface area contributed by atoms with Crippen LogP contribution >= 0.6 is 27.5 Å². The van der Waals surface area contributed by atoms with Gasteiger partial charge in [-0.15, -0.1) is 0 Å². The van der Waals surface area contributed by atoms with Gasteiger partial charge in [-0.1, -0.05) is 39.7 Å². The van der Waals surface area contributed by atoms with E-state index in [9.17, 15) is 14.4 Å². The maximum absolute atomic E-state index is 13.2. The molecule has 0 atom stereocenters. The maximum Gasteiger partial charge on any atom is 0.328 e. The Hall–Kier alpha value is -3.62. The number of fused-ring (bicyclic) bond motifs is 1. The van der Waals surface area contributed by atoms with Crippen molar-refractivity contribution in [3.63, 3.8) is 0 Å². The molecule has 0 fully saturated rings. The van der Waals surface area contributed by atoms with Crippen molar-refractivity contribution in [2.45, 2.75) is 20.8 Å². The van der Waals surface area contributed by atoms with Gasteiger partial charge in [0, 0.05) is 26.3 Å². The Morgan fingerprint density at radius 1 is 0.771 bits per heavy atom. The third-order valence-corrected chi connectivity index (χ3v) is 6.51. The quantitative estimate of drug-likeness (QED) is 0.273. The Balaban J connectivity index is 1.62. The first-order valence-electron chi connectivity index (χ1n) is 10.7. The van der Waals surface area contributed by atoms with Crippen molar-refractivity contribution in [3.8, 4) is 0 Å². The highest BCUT2D eigenvalue weighted by Gasteiger charge is 2.21. The average Bonchev–Trinajstić information content (AvgIpc) is 3.16. The smallest absolute Gasteiger partial charge is 0.321 e. The second-order valence-corrected chi connectivity index (χ2v) is 9.50. The summed E-state index contributed by atoms with van der Waals surface area (Å²) >= 11 is 9.53. The molecule has 178 valence electrons. The molecule has 0 bridgehead atoms. The summed E-state index contributed by atoms with van der Waals surface area (Å²) in [5, 5.41) is 6.55. The predicted octanol–water partition coefficient (Wildman–Crippen LogP) is 5.94. The van der Waals surface area contributed by atoms with E-state index in [-0.39, 0.29) is 5.69 Å². The van der Waals surface area contributed by atoms with Crippen LogP contribution in [0.15, 0.2) is 65.1 Å². The fourth-order valence-corrected chi connectivity index (χ4v) is 4.06. The van der Waals surface area contributed by atoms with Gasteiger partial charge in [-0.25, -0.2) is 4.68 Å². The van der Waals surface area contributed by atoms with Gasteiger partial charge in [-0.3, -0.25) is 19.8 Å². The second kappa shape index (κ2) is 9.93. The van der Waals surface area contributed by atoms with Crippen LogP contribution in [0.25, 0.3) is 10.9 Å². The topological polar surface area (TPSA) is 92.2 Å². The van der Waals surface area contributed by atoms with Crippen molar-refractivity contribution in [1.82, 2.24) is 4.68 Å². The van der Waals surface area contributed by atoms with Crippen LogP contribution in [0.1, 0.15) is 27.2 Å². The van der Waals surface area contributed by atoms with Gasteiger partial charge < -0.3 is 10.6 Å². The molecule has 3 amide bonds. The fraction of sp³-hybridized carbons (Fsp3) is 0.115. The van der Waals surface area contributed by atoms with E-state index in [2.05, 4.69) is 32.0 Å².